The molecule has 3 aromatic rings. The van der Waals surface area contributed by atoms with Gasteiger partial charge in [0, 0.05) is 15.6 Å². The maximum atomic E-state index is 12.6. The average Bonchev–Trinajstić information content (AvgIpc) is 2.61. The molecule has 0 aliphatic carbocycles. The molecular formula is C20H18ClNOS. The third kappa shape index (κ3) is 4.11. The summed E-state index contributed by atoms with van der Waals surface area (Å²) in [6.45, 7) is 2.02. The first-order valence-corrected chi connectivity index (χ1v) is 9.13. The Morgan fingerprint density at radius 2 is 1.75 bits per heavy atom. The first kappa shape index (κ1) is 16.9. The highest BCUT2D eigenvalue weighted by Gasteiger charge is 2.18. The summed E-state index contributed by atoms with van der Waals surface area (Å²) in [6, 6.07) is 21.7. The minimum absolute atomic E-state index is 0.0210. The van der Waals surface area contributed by atoms with E-state index in [9.17, 15) is 4.79 Å². The van der Waals surface area contributed by atoms with Gasteiger partial charge in [0.1, 0.15) is 0 Å². The van der Waals surface area contributed by atoms with Crippen LogP contribution in [0.4, 0.5) is 5.69 Å². The second kappa shape index (κ2) is 7.73. The third-order valence-corrected chi connectivity index (χ3v) is 5.40. The second-order valence-corrected chi connectivity index (χ2v) is 7.23. The Balaban J connectivity index is 1.72. The zero-order chi connectivity index (χ0) is 16.9. The van der Waals surface area contributed by atoms with Gasteiger partial charge in [0.2, 0.25) is 5.91 Å². The molecule has 0 saturated carbocycles. The smallest absolute Gasteiger partial charge is 0.237 e. The van der Waals surface area contributed by atoms with Crippen molar-refractivity contribution in [3.05, 3.63) is 71.8 Å². The highest BCUT2D eigenvalue weighted by molar-refractivity contribution is 8.00. The summed E-state index contributed by atoms with van der Waals surface area (Å²) in [4.78, 5) is 13.6. The summed E-state index contributed by atoms with van der Waals surface area (Å²) < 4.78 is 0. The molecule has 2 nitrogen and oxygen atoms in total. The molecule has 4 heteroatoms. The van der Waals surface area contributed by atoms with Gasteiger partial charge in [-0.2, -0.15) is 0 Å². The van der Waals surface area contributed by atoms with Gasteiger partial charge in [0.05, 0.1) is 5.25 Å². The van der Waals surface area contributed by atoms with E-state index in [0.717, 1.165) is 27.8 Å². The van der Waals surface area contributed by atoms with E-state index in [4.69, 9.17) is 11.6 Å². The molecule has 3 aromatic carbocycles. The van der Waals surface area contributed by atoms with Crippen molar-refractivity contribution in [3.8, 4) is 0 Å². The second-order valence-electron chi connectivity index (χ2n) is 5.52. The molecule has 0 radical (unpaired) electrons. The number of thioether (sulfide) groups is 1. The highest BCUT2D eigenvalue weighted by atomic mass is 35.5. The maximum Gasteiger partial charge on any atom is 0.237 e. The van der Waals surface area contributed by atoms with Crippen LogP contribution in [0.1, 0.15) is 13.3 Å². The number of hydrogen-bond donors (Lipinski definition) is 1. The fourth-order valence-electron chi connectivity index (χ4n) is 2.49. The summed E-state index contributed by atoms with van der Waals surface area (Å²) >= 11 is 7.47. The van der Waals surface area contributed by atoms with Crippen LogP contribution in [-0.4, -0.2) is 11.2 Å². The molecule has 24 heavy (non-hydrogen) atoms. The SMILES string of the molecule is CC[C@@H](Sc1ccc(Cl)cc1)C(=O)Nc1ccc2ccccc2c1. The summed E-state index contributed by atoms with van der Waals surface area (Å²) in [7, 11) is 0. The summed E-state index contributed by atoms with van der Waals surface area (Å²) in [5.74, 6) is 0.0210. The van der Waals surface area contributed by atoms with Gasteiger partial charge in [0.15, 0.2) is 0 Å². The van der Waals surface area contributed by atoms with Gasteiger partial charge in [-0.15, -0.1) is 11.8 Å². The summed E-state index contributed by atoms with van der Waals surface area (Å²) in [6.07, 6.45) is 0.757. The molecule has 1 amide bonds. The van der Waals surface area contributed by atoms with Crippen LogP contribution in [0.5, 0.6) is 0 Å². The molecule has 0 fully saturated rings. The molecule has 0 aliphatic heterocycles. The summed E-state index contributed by atoms with van der Waals surface area (Å²) in [5, 5.41) is 5.88. The molecule has 0 aromatic heterocycles. The van der Waals surface area contributed by atoms with Crippen molar-refractivity contribution in [3.63, 3.8) is 0 Å². The van der Waals surface area contributed by atoms with Gasteiger partial charge >= 0.3 is 0 Å². The van der Waals surface area contributed by atoms with Crippen LogP contribution in [-0.2, 0) is 4.79 Å². The van der Waals surface area contributed by atoms with E-state index in [1.54, 1.807) is 11.8 Å². The lowest BCUT2D eigenvalue weighted by molar-refractivity contribution is -0.115. The van der Waals surface area contributed by atoms with Crippen molar-refractivity contribution in [2.24, 2.45) is 0 Å². The van der Waals surface area contributed by atoms with Gasteiger partial charge in [-0.05, 0) is 53.6 Å². The lowest BCUT2D eigenvalue weighted by atomic mass is 10.1. The quantitative estimate of drug-likeness (QED) is 0.568. The van der Waals surface area contributed by atoms with Crippen molar-refractivity contribution < 1.29 is 4.79 Å². The molecule has 0 aliphatic rings. The number of carbonyl (C=O) groups is 1. The first-order chi connectivity index (χ1) is 11.7. The number of hydrogen-bond acceptors (Lipinski definition) is 2. The topological polar surface area (TPSA) is 29.1 Å². The Morgan fingerprint density at radius 1 is 1.04 bits per heavy atom. The van der Waals surface area contributed by atoms with Gasteiger partial charge in [0.25, 0.3) is 0 Å². The van der Waals surface area contributed by atoms with Gasteiger partial charge in [-0.3, -0.25) is 4.79 Å². The Morgan fingerprint density at radius 3 is 2.46 bits per heavy atom. The number of amides is 1. The van der Waals surface area contributed by atoms with E-state index in [1.807, 2.05) is 67.6 Å². The maximum absolute atomic E-state index is 12.6. The predicted octanol–water partition coefficient (Wildman–Crippen LogP) is 6.00. The van der Waals surface area contributed by atoms with E-state index < -0.39 is 0 Å². The third-order valence-electron chi connectivity index (χ3n) is 3.77. The number of benzene rings is 3. The predicted molar refractivity (Wildman–Crippen MR) is 104 cm³/mol. The Hall–Kier alpha value is -1.97. The van der Waals surface area contributed by atoms with Crippen molar-refractivity contribution >= 4 is 45.7 Å². The molecule has 122 valence electrons. The fourth-order valence-corrected chi connectivity index (χ4v) is 3.57. The van der Waals surface area contributed by atoms with E-state index >= 15 is 0 Å². The van der Waals surface area contributed by atoms with Crippen LogP contribution < -0.4 is 5.32 Å². The molecule has 3 rings (SSSR count). The largest absolute Gasteiger partial charge is 0.325 e. The molecule has 0 spiro atoms. The van der Waals surface area contributed by atoms with Gasteiger partial charge in [-0.1, -0.05) is 48.9 Å². The molecule has 1 N–H and O–H groups in total. The van der Waals surface area contributed by atoms with E-state index in [0.29, 0.717) is 5.02 Å². The number of carbonyl (C=O) groups excluding carboxylic acids is 1. The number of nitrogens with one attached hydrogen (secondary N) is 1. The van der Waals surface area contributed by atoms with Crippen molar-refractivity contribution in [1.29, 1.82) is 0 Å². The van der Waals surface area contributed by atoms with Gasteiger partial charge in [-0.25, -0.2) is 0 Å². The van der Waals surface area contributed by atoms with Crippen LogP contribution >= 0.6 is 23.4 Å². The van der Waals surface area contributed by atoms with E-state index in [-0.39, 0.29) is 11.2 Å². The van der Waals surface area contributed by atoms with Crippen LogP contribution in [0.15, 0.2) is 71.6 Å². The van der Waals surface area contributed by atoms with Crippen LogP contribution in [0.2, 0.25) is 5.02 Å². The van der Waals surface area contributed by atoms with Gasteiger partial charge < -0.3 is 5.32 Å². The normalized spacial score (nSPS) is 12.1. The molecule has 0 heterocycles. The van der Waals surface area contributed by atoms with Crippen molar-refractivity contribution in [1.82, 2.24) is 0 Å². The standard InChI is InChI=1S/C20H18ClNOS/c1-2-19(24-18-11-8-16(21)9-12-18)20(23)22-17-10-7-14-5-3-4-6-15(14)13-17/h3-13,19H,2H2,1H3,(H,22,23)/t19-/m1/s1. The molecular weight excluding hydrogens is 338 g/mol. The Bertz CT molecular complexity index is 848. The lowest BCUT2D eigenvalue weighted by Gasteiger charge is -2.15. The minimum atomic E-state index is -0.141. The zero-order valence-corrected chi connectivity index (χ0v) is 14.9. The Labute approximate surface area is 151 Å². The number of rotatable bonds is 5. The highest BCUT2D eigenvalue weighted by Crippen LogP contribution is 2.28. The van der Waals surface area contributed by atoms with Crippen LogP contribution in [0.3, 0.4) is 0 Å². The van der Waals surface area contributed by atoms with Crippen molar-refractivity contribution in [2.45, 2.75) is 23.5 Å². The Kier molecular flexibility index (Phi) is 5.44. The van der Waals surface area contributed by atoms with E-state index in [1.165, 1.54) is 0 Å². The molecule has 1 atom stereocenters. The van der Waals surface area contributed by atoms with Crippen LogP contribution in [0, 0.1) is 0 Å². The minimum Gasteiger partial charge on any atom is -0.325 e. The fraction of sp³-hybridized carbons (Fsp3) is 0.150. The van der Waals surface area contributed by atoms with E-state index in [2.05, 4.69) is 11.4 Å². The molecule has 0 bridgehead atoms. The zero-order valence-electron chi connectivity index (χ0n) is 13.3. The van der Waals surface area contributed by atoms with Crippen molar-refractivity contribution in [2.75, 3.05) is 5.32 Å². The number of fused-ring (bicyclic) bond motifs is 1. The number of halogens is 1. The van der Waals surface area contributed by atoms with Crippen LogP contribution in [0.25, 0.3) is 10.8 Å². The molecule has 0 saturated heterocycles. The first-order valence-electron chi connectivity index (χ1n) is 7.87. The number of anilines is 1. The molecule has 0 unspecified atom stereocenters. The lowest BCUT2D eigenvalue weighted by Crippen LogP contribution is -2.24. The monoisotopic (exact) mass is 355 g/mol. The summed E-state index contributed by atoms with van der Waals surface area (Å²) in [5.41, 5.74) is 0.828. The average molecular weight is 356 g/mol.